The quantitative estimate of drug-likeness (QED) is 0.279. The maximum atomic E-state index is 13.0. The Morgan fingerprint density at radius 3 is 2.71 bits per heavy atom. The largest absolute Gasteiger partial charge is 0.352 e. The van der Waals surface area contributed by atoms with Gasteiger partial charge in [0.2, 0.25) is 5.91 Å². The van der Waals surface area contributed by atoms with Crippen LogP contribution in [-0.4, -0.2) is 12.5 Å². The van der Waals surface area contributed by atoms with E-state index in [0.29, 0.717) is 12.5 Å². The van der Waals surface area contributed by atoms with Crippen LogP contribution in [0.3, 0.4) is 0 Å². The molecule has 0 saturated heterocycles. The van der Waals surface area contributed by atoms with E-state index in [1.165, 1.54) is 6.07 Å². The zero-order valence-corrected chi connectivity index (χ0v) is 14.7. The van der Waals surface area contributed by atoms with Crippen molar-refractivity contribution in [1.29, 1.82) is 0 Å². The summed E-state index contributed by atoms with van der Waals surface area (Å²) in [5.74, 6) is 0.234. The zero-order chi connectivity index (χ0) is 17.6. The molecule has 1 aromatic carbocycles. The first kappa shape index (κ1) is 19.9. The monoisotopic (exact) mass is 329 g/mol. The van der Waals surface area contributed by atoms with Crippen molar-refractivity contribution < 1.29 is 9.18 Å². The Bertz CT molecular complexity index is 573. The lowest BCUT2D eigenvalue weighted by Crippen LogP contribution is -2.25. The van der Waals surface area contributed by atoms with Crippen LogP contribution < -0.4 is 5.32 Å². The van der Waals surface area contributed by atoms with Crippen LogP contribution in [0.4, 0.5) is 4.39 Å². The molecule has 3 heteroatoms. The third-order valence-electron chi connectivity index (χ3n) is 3.33. The fraction of sp³-hybridized carbons (Fsp3) is 0.381. The van der Waals surface area contributed by atoms with Gasteiger partial charge in [-0.1, -0.05) is 56.4 Å². The Kier molecular flexibility index (Phi) is 10.2. The van der Waals surface area contributed by atoms with Gasteiger partial charge in [-0.2, -0.15) is 0 Å². The van der Waals surface area contributed by atoms with Gasteiger partial charge in [-0.25, -0.2) is 4.39 Å². The van der Waals surface area contributed by atoms with Crippen LogP contribution in [0.2, 0.25) is 0 Å². The van der Waals surface area contributed by atoms with E-state index >= 15 is 0 Å². The average Bonchev–Trinajstić information content (AvgIpc) is 2.54. The van der Waals surface area contributed by atoms with Gasteiger partial charge in [0.15, 0.2) is 0 Å². The molecule has 0 radical (unpaired) electrons. The van der Waals surface area contributed by atoms with E-state index in [-0.39, 0.29) is 11.7 Å². The van der Waals surface area contributed by atoms with Crippen molar-refractivity contribution >= 4 is 5.91 Å². The summed E-state index contributed by atoms with van der Waals surface area (Å²) in [5, 5.41) is 2.83. The summed E-state index contributed by atoms with van der Waals surface area (Å²) in [7, 11) is 0. The maximum absolute atomic E-state index is 13.0. The van der Waals surface area contributed by atoms with E-state index in [9.17, 15) is 9.18 Å². The molecule has 0 fully saturated rings. The Morgan fingerprint density at radius 2 is 1.96 bits per heavy atom. The van der Waals surface area contributed by atoms with Crippen molar-refractivity contribution in [2.75, 3.05) is 6.54 Å². The standard InChI is InChI=1S/C21H28FNO/c1-18(2)17-23-21(24)15-10-8-6-4-3-5-7-9-12-19-13-11-14-20(22)16-19/h6-11,13-16,18H,3-5,12,17H2,1-2H3,(H,23,24)/b8-6+,9-7+,15-10+. The SMILES string of the molecule is CC(C)CNC(=O)/C=C/C=C/CCC/C=C/Cc1cccc(F)c1. The number of rotatable bonds is 10. The van der Waals surface area contributed by atoms with E-state index in [0.717, 1.165) is 31.2 Å². The minimum atomic E-state index is -0.183. The van der Waals surface area contributed by atoms with Gasteiger partial charge in [-0.3, -0.25) is 4.79 Å². The highest BCUT2D eigenvalue weighted by Gasteiger charge is 1.95. The van der Waals surface area contributed by atoms with Gasteiger partial charge in [-0.15, -0.1) is 0 Å². The lowest BCUT2D eigenvalue weighted by atomic mass is 10.1. The zero-order valence-electron chi connectivity index (χ0n) is 14.7. The molecule has 1 rings (SSSR count). The van der Waals surface area contributed by atoms with Crippen molar-refractivity contribution in [3.8, 4) is 0 Å². The highest BCUT2D eigenvalue weighted by molar-refractivity contribution is 5.87. The second kappa shape index (κ2) is 12.3. The second-order valence-corrected chi connectivity index (χ2v) is 6.16. The van der Waals surface area contributed by atoms with Gasteiger partial charge in [0, 0.05) is 12.6 Å². The Hall–Kier alpha value is -2.16. The molecule has 130 valence electrons. The first-order valence-corrected chi connectivity index (χ1v) is 8.58. The minimum Gasteiger partial charge on any atom is -0.352 e. The number of hydrogen-bond acceptors (Lipinski definition) is 1. The summed E-state index contributed by atoms with van der Waals surface area (Å²) in [6.07, 6.45) is 15.3. The smallest absolute Gasteiger partial charge is 0.243 e. The van der Waals surface area contributed by atoms with Crippen LogP contribution in [0.5, 0.6) is 0 Å². The molecule has 0 saturated carbocycles. The molecule has 0 atom stereocenters. The lowest BCUT2D eigenvalue weighted by Gasteiger charge is -2.03. The van der Waals surface area contributed by atoms with Crippen molar-refractivity contribution in [2.45, 2.75) is 39.5 Å². The molecule has 0 aliphatic rings. The summed E-state index contributed by atoms with van der Waals surface area (Å²) >= 11 is 0. The molecular weight excluding hydrogens is 301 g/mol. The van der Waals surface area contributed by atoms with Crippen LogP contribution in [0.25, 0.3) is 0 Å². The van der Waals surface area contributed by atoms with Crippen LogP contribution in [0.15, 0.2) is 60.7 Å². The molecule has 24 heavy (non-hydrogen) atoms. The number of nitrogens with one attached hydrogen (secondary N) is 1. The molecule has 0 bridgehead atoms. The number of hydrogen-bond donors (Lipinski definition) is 1. The molecule has 1 amide bonds. The summed E-state index contributed by atoms with van der Waals surface area (Å²) in [6, 6.07) is 6.69. The number of benzene rings is 1. The molecule has 0 unspecified atom stereocenters. The van der Waals surface area contributed by atoms with Gasteiger partial charge < -0.3 is 5.32 Å². The van der Waals surface area contributed by atoms with E-state index in [2.05, 4.69) is 37.4 Å². The fourth-order valence-electron chi connectivity index (χ4n) is 2.04. The topological polar surface area (TPSA) is 29.1 Å². The summed E-state index contributed by atoms with van der Waals surface area (Å²) in [5.41, 5.74) is 0.993. The number of allylic oxidation sites excluding steroid dienone is 5. The molecule has 1 aromatic rings. The number of amides is 1. The molecule has 0 heterocycles. The number of carbonyl (C=O) groups excluding carboxylic acids is 1. The predicted octanol–water partition coefficient (Wildman–Crippen LogP) is 4.98. The number of halogens is 1. The average molecular weight is 329 g/mol. The van der Waals surface area contributed by atoms with Crippen LogP contribution in [-0.2, 0) is 11.2 Å². The summed E-state index contributed by atoms with van der Waals surface area (Å²) in [6.45, 7) is 4.84. The Balaban J connectivity index is 2.08. The van der Waals surface area contributed by atoms with E-state index in [1.54, 1.807) is 24.3 Å². The van der Waals surface area contributed by atoms with Crippen LogP contribution in [0, 0.1) is 11.7 Å². The van der Waals surface area contributed by atoms with Gasteiger partial charge in [0.1, 0.15) is 5.82 Å². The molecule has 0 aromatic heterocycles. The molecule has 0 spiro atoms. The Labute approximate surface area is 145 Å². The predicted molar refractivity (Wildman–Crippen MR) is 99.2 cm³/mol. The summed E-state index contributed by atoms with van der Waals surface area (Å²) in [4.78, 5) is 11.4. The van der Waals surface area contributed by atoms with E-state index in [1.807, 2.05) is 12.1 Å². The van der Waals surface area contributed by atoms with Crippen molar-refractivity contribution in [3.63, 3.8) is 0 Å². The fourth-order valence-corrected chi connectivity index (χ4v) is 2.04. The first-order chi connectivity index (χ1) is 11.6. The van der Waals surface area contributed by atoms with Crippen LogP contribution in [0.1, 0.15) is 38.7 Å². The molecule has 1 N–H and O–H groups in total. The Morgan fingerprint density at radius 1 is 1.17 bits per heavy atom. The maximum Gasteiger partial charge on any atom is 0.243 e. The molecule has 2 nitrogen and oxygen atoms in total. The van der Waals surface area contributed by atoms with Crippen molar-refractivity contribution in [3.05, 3.63) is 72.1 Å². The minimum absolute atomic E-state index is 0.0476. The molecular formula is C21H28FNO. The van der Waals surface area contributed by atoms with Crippen molar-refractivity contribution in [1.82, 2.24) is 5.32 Å². The van der Waals surface area contributed by atoms with Gasteiger partial charge in [-0.05, 0) is 49.3 Å². The second-order valence-electron chi connectivity index (χ2n) is 6.16. The molecule has 0 aliphatic heterocycles. The third kappa shape index (κ3) is 10.5. The summed E-state index contributed by atoms with van der Waals surface area (Å²) < 4.78 is 13.0. The number of unbranched alkanes of at least 4 members (excludes halogenated alkanes) is 2. The van der Waals surface area contributed by atoms with Gasteiger partial charge in [0.25, 0.3) is 0 Å². The van der Waals surface area contributed by atoms with Crippen molar-refractivity contribution in [2.24, 2.45) is 5.92 Å². The van der Waals surface area contributed by atoms with E-state index < -0.39 is 0 Å². The normalized spacial score (nSPS) is 12.0. The van der Waals surface area contributed by atoms with Crippen LogP contribution >= 0.6 is 0 Å². The highest BCUT2D eigenvalue weighted by Crippen LogP contribution is 2.06. The lowest BCUT2D eigenvalue weighted by molar-refractivity contribution is -0.116. The van der Waals surface area contributed by atoms with Gasteiger partial charge >= 0.3 is 0 Å². The first-order valence-electron chi connectivity index (χ1n) is 8.58. The number of carbonyl (C=O) groups is 1. The van der Waals surface area contributed by atoms with E-state index in [4.69, 9.17) is 0 Å². The highest BCUT2D eigenvalue weighted by atomic mass is 19.1. The third-order valence-corrected chi connectivity index (χ3v) is 3.33. The van der Waals surface area contributed by atoms with Gasteiger partial charge in [0.05, 0.1) is 0 Å². The molecule has 0 aliphatic carbocycles.